The van der Waals surface area contributed by atoms with Gasteiger partial charge in [0, 0.05) is 31.3 Å². The molecule has 2 N–H and O–H groups in total. The molecule has 0 radical (unpaired) electrons. The number of piperidine rings is 1. The third kappa shape index (κ3) is 7.08. The summed E-state index contributed by atoms with van der Waals surface area (Å²) in [5.41, 5.74) is 3.88. The Morgan fingerprint density at radius 3 is 2.44 bits per heavy atom. The number of thiophene rings is 1. The van der Waals surface area contributed by atoms with Crippen molar-refractivity contribution in [3.8, 4) is 11.1 Å². The second kappa shape index (κ2) is 13.7. The number of benzene rings is 2. The van der Waals surface area contributed by atoms with E-state index in [1.807, 2.05) is 25.1 Å². The summed E-state index contributed by atoms with van der Waals surface area (Å²) in [4.78, 5) is 4.95. The summed E-state index contributed by atoms with van der Waals surface area (Å²) < 4.78 is 34.7. The number of hydrazone groups is 1. The van der Waals surface area contributed by atoms with E-state index in [1.165, 1.54) is 6.42 Å². The predicted molar refractivity (Wildman–Crippen MR) is 174 cm³/mol. The van der Waals surface area contributed by atoms with E-state index in [1.54, 1.807) is 35.6 Å². The van der Waals surface area contributed by atoms with Gasteiger partial charge in [-0.1, -0.05) is 48.0 Å². The largest absolute Gasteiger partial charge is 0.377 e. The van der Waals surface area contributed by atoms with E-state index in [2.05, 4.69) is 71.1 Å². The van der Waals surface area contributed by atoms with Crippen LogP contribution < -0.4 is 10.1 Å². The molecule has 0 bridgehead atoms. The summed E-state index contributed by atoms with van der Waals surface area (Å²) >= 11 is 9.11. The van der Waals surface area contributed by atoms with Crippen molar-refractivity contribution in [3.63, 3.8) is 0 Å². The molecule has 0 amide bonds. The number of amidine groups is 1. The van der Waals surface area contributed by atoms with Gasteiger partial charge < -0.3 is 15.0 Å². The van der Waals surface area contributed by atoms with Gasteiger partial charge in [0.2, 0.25) is 0 Å². The van der Waals surface area contributed by atoms with Crippen molar-refractivity contribution < 1.29 is 13.2 Å². The highest BCUT2D eigenvalue weighted by Crippen LogP contribution is 2.44. The Morgan fingerprint density at radius 1 is 1.10 bits per heavy atom. The fourth-order valence-corrected chi connectivity index (χ4v) is 9.81. The van der Waals surface area contributed by atoms with Crippen molar-refractivity contribution in [2.24, 2.45) is 11.0 Å². The molecule has 0 saturated carbocycles. The lowest BCUT2D eigenvalue weighted by atomic mass is 9.86. The third-order valence-electron chi connectivity index (χ3n) is 7.87. The predicted octanol–water partition coefficient (Wildman–Crippen LogP) is 6.76. The zero-order valence-corrected chi connectivity index (χ0v) is 28.1. The first-order valence-corrected chi connectivity index (χ1v) is 18.0. The molecule has 220 valence electrons. The van der Waals surface area contributed by atoms with Crippen molar-refractivity contribution >= 4 is 59.1 Å². The van der Waals surface area contributed by atoms with Gasteiger partial charge in [-0.15, -0.1) is 16.4 Å². The second-order valence-corrected chi connectivity index (χ2v) is 15.9. The Morgan fingerprint density at radius 2 is 1.80 bits per heavy atom. The van der Waals surface area contributed by atoms with Crippen LogP contribution in [0.4, 0.5) is 0 Å². The van der Waals surface area contributed by atoms with Gasteiger partial charge in [-0.2, -0.15) is 13.2 Å². The molecule has 3 aromatic rings. The van der Waals surface area contributed by atoms with Crippen LogP contribution in [0.3, 0.4) is 0 Å². The van der Waals surface area contributed by atoms with Crippen LogP contribution in [0.2, 0.25) is 0 Å². The fourth-order valence-electron chi connectivity index (χ4n) is 5.80. The Bertz CT molecular complexity index is 1450. The minimum Gasteiger partial charge on any atom is -0.377 e. The number of nitrogens with zero attached hydrogens (tertiary/aromatic N) is 2. The smallest absolute Gasteiger partial charge is 0.276 e. The number of hydrogen-bond acceptors (Lipinski definition) is 6. The number of nitrogens with one attached hydrogen (secondary N) is 2. The molecule has 2 aliphatic rings. The van der Waals surface area contributed by atoms with Crippen LogP contribution in [0.15, 0.2) is 72.2 Å². The summed E-state index contributed by atoms with van der Waals surface area (Å²) in [6, 6.07) is 17.3. The minimum absolute atomic E-state index is 0.183. The highest BCUT2D eigenvalue weighted by molar-refractivity contribution is 9.12. The normalized spacial score (nSPS) is 19.5. The van der Waals surface area contributed by atoms with Crippen LogP contribution in [0.25, 0.3) is 11.1 Å². The van der Waals surface area contributed by atoms with Crippen molar-refractivity contribution in [2.75, 3.05) is 26.2 Å². The van der Waals surface area contributed by atoms with E-state index in [9.17, 15) is 8.42 Å². The average molecular weight is 725 g/mol. The molecule has 5 rings (SSSR count). The fraction of sp³-hybridized carbons (Fsp3) is 0.433. The molecule has 2 fully saturated rings. The molecule has 0 aliphatic carbocycles. The van der Waals surface area contributed by atoms with Gasteiger partial charge in [-0.05, 0) is 102 Å². The van der Waals surface area contributed by atoms with Crippen molar-refractivity contribution in [2.45, 2.75) is 56.6 Å². The molecule has 7 nitrogen and oxygen atoms in total. The molecule has 2 saturated heterocycles. The van der Waals surface area contributed by atoms with Crippen LogP contribution >= 0.6 is 43.2 Å². The molecule has 0 spiro atoms. The first kappa shape index (κ1) is 30.7. The van der Waals surface area contributed by atoms with Crippen LogP contribution in [-0.2, 0) is 14.8 Å². The van der Waals surface area contributed by atoms with Gasteiger partial charge in [-0.3, -0.25) is 0 Å². The first-order valence-electron chi connectivity index (χ1n) is 14.1. The zero-order valence-electron chi connectivity index (χ0n) is 23.3. The maximum atomic E-state index is 13.3. The number of hydrogen-bond donors (Lipinski definition) is 2. The van der Waals surface area contributed by atoms with E-state index < -0.39 is 10.0 Å². The van der Waals surface area contributed by atoms with E-state index in [0.29, 0.717) is 24.4 Å². The Balaban J connectivity index is 1.48. The first-order chi connectivity index (χ1) is 19.8. The molecule has 2 unspecified atom stereocenters. The zero-order chi connectivity index (χ0) is 29.0. The van der Waals surface area contributed by atoms with Gasteiger partial charge in [0.15, 0.2) is 5.84 Å². The number of aryl methyl sites for hydroxylation is 1. The Labute approximate surface area is 264 Å². The quantitative estimate of drug-likeness (QED) is 0.145. The average Bonchev–Trinajstić information content (AvgIpc) is 3.61. The monoisotopic (exact) mass is 722 g/mol. The molecule has 2 aromatic carbocycles. The highest BCUT2D eigenvalue weighted by Gasteiger charge is 2.36. The number of ether oxygens (including phenoxy) is 1. The van der Waals surface area contributed by atoms with Crippen molar-refractivity contribution in [3.05, 3.63) is 73.3 Å². The van der Waals surface area contributed by atoms with E-state index >= 15 is 0 Å². The van der Waals surface area contributed by atoms with Crippen LogP contribution in [-0.4, -0.2) is 57.5 Å². The summed E-state index contributed by atoms with van der Waals surface area (Å²) in [6.45, 7) is 7.25. The number of rotatable bonds is 9. The maximum absolute atomic E-state index is 13.3. The minimum atomic E-state index is -3.86. The van der Waals surface area contributed by atoms with Crippen LogP contribution in [0.5, 0.6) is 0 Å². The van der Waals surface area contributed by atoms with Crippen molar-refractivity contribution in [1.82, 2.24) is 15.0 Å². The van der Waals surface area contributed by atoms with Gasteiger partial charge in [0.1, 0.15) is 0 Å². The van der Waals surface area contributed by atoms with E-state index in [-0.39, 0.29) is 11.0 Å². The molecular formula is C30H36Br2N4O3S2. The molecule has 3 heterocycles. The highest BCUT2D eigenvalue weighted by atomic mass is 79.9. The summed E-state index contributed by atoms with van der Waals surface area (Å²) in [5, 5.41) is 8.29. The maximum Gasteiger partial charge on any atom is 0.276 e. The molecule has 11 heteroatoms. The van der Waals surface area contributed by atoms with Crippen LogP contribution in [0, 0.1) is 12.8 Å². The lowest BCUT2D eigenvalue weighted by Crippen LogP contribution is -2.48. The molecule has 2 aliphatic heterocycles. The summed E-state index contributed by atoms with van der Waals surface area (Å²) in [7, 11) is -3.86. The molecular weight excluding hydrogens is 688 g/mol. The lowest BCUT2D eigenvalue weighted by Gasteiger charge is -2.39. The molecule has 1 aromatic heterocycles. The van der Waals surface area contributed by atoms with E-state index in [4.69, 9.17) is 4.74 Å². The van der Waals surface area contributed by atoms with Crippen LogP contribution in [0.1, 0.15) is 43.7 Å². The SMILES string of the molecule is CCOC(C1CCN(C(=NNS(=O)(=O)c2ccc(C)cc2)c2c(Br)sc(Br)c2-c2ccccc2)CC1)C1CCCN1. The molecule has 2 atom stereocenters. The Hall–Kier alpha value is -1.76. The van der Waals surface area contributed by atoms with Crippen molar-refractivity contribution in [1.29, 1.82) is 0 Å². The topological polar surface area (TPSA) is 83.0 Å². The summed E-state index contributed by atoms with van der Waals surface area (Å²) in [5.74, 6) is 1.04. The lowest BCUT2D eigenvalue weighted by molar-refractivity contribution is -0.0172. The number of halogens is 2. The van der Waals surface area contributed by atoms with Gasteiger partial charge in [0.25, 0.3) is 10.0 Å². The number of sulfonamides is 1. The molecule has 41 heavy (non-hydrogen) atoms. The van der Waals surface area contributed by atoms with Gasteiger partial charge in [-0.25, -0.2) is 0 Å². The van der Waals surface area contributed by atoms with Gasteiger partial charge >= 0.3 is 0 Å². The third-order valence-corrected chi connectivity index (χ3v) is 11.6. The standard InChI is InChI=1S/C30H36Br2N4O3S2/c1-3-39-27(24-10-7-17-33-24)22-15-18-36(19-16-22)30(34-35-41(37,38)23-13-11-20(2)12-14-23)26-25(28(31)40-29(26)32)21-8-5-4-6-9-21/h4-6,8-9,11-14,22,24,27,33,35H,3,7,10,15-19H2,1-2H3. The Kier molecular flexibility index (Phi) is 10.2. The van der Waals surface area contributed by atoms with Gasteiger partial charge in [0.05, 0.1) is 24.1 Å². The summed E-state index contributed by atoms with van der Waals surface area (Å²) in [6.07, 6.45) is 4.40. The second-order valence-electron chi connectivity index (χ2n) is 10.6. The van der Waals surface area contributed by atoms with E-state index in [0.717, 1.165) is 68.7 Å². The number of likely N-dealkylation sites (tertiary alicyclic amines) is 1.